The SMILES string of the molecule is Cc1[nH]c2ccccc2c1[Se]C(F)(F)F. The number of alkyl halides is 3. The van der Waals surface area contributed by atoms with E-state index in [1.54, 1.807) is 25.1 Å². The van der Waals surface area contributed by atoms with Crippen LogP contribution in [0.25, 0.3) is 10.9 Å². The molecule has 0 aliphatic carbocycles. The van der Waals surface area contributed by atoms with Crippen molar-refractivity contribution < 1.29 is 13.2 Å². The summed E-state index contributed by atoms with van der Waals surface area (Å²) in [6, 6.07) is 7.08. The molecule has 0 spiro atoms. The van der Waals surface area contributed by atoms with Crippen molar-refractivity contribution in [2.75, 3.05) is 0 Å². The molecule has 0 unspecified atom stereocenters. The number of hydrogen-bond donors (Lipinski definition) is 1. The molecule has 0 aliphatic heterocycles. The molecular formula is C10H8F3NSe. The van der Waals surface area contributed by atoms with Gasteiger partial charge in [0.15, 0.2) is 0 Å². The number of hydrogen-bond acceptors (Lipinski definition) is 0. The summed E-state index contributed by atoms with van der Waals surface area (Å²) in [4.78, 5) is 2.97. The van der Waals surface area contributed by atoms with Crippen molar-refractivity contribution in [2.24, 2.45) is 0 Å². The Kier molecular flexibility index (Phi) is 2.52. The van der Waals surface area contributed by atoms with Crippen LogP contribution in [-0.4, -0.2) is 25.0 Å². The monoisotopic (exact) mass is 279 g/mol. The molecule has 2 aromatic rings. The van der Waals surface area contributed by atoms with E-state index in [-0.39, 0.29) is 0 Å². The third-order valence-electron chi connectivity index (χ3n) is 2.05. The zero-order chi connectivity index (χ0) is 11.1. The van der Waals surface area contributed by atoms with E-state index in [0.29, 0.717) is 15.5 Å². The average molecular weight is 278 g/mol. The van der Waals surface area contributed by atoms with Crippen LogP contribution in [0.2, 0.25) is 0 Å². The maximum absolute atomic E-state index is 12.3. The fourth-order valence-electron chi connectivity index (χ4n) is 1.50. The first-order chi connectivity index (χ1) is 6.97. The van der Waals surface area contributed by atoms with Crippen molar-refractivity contribution >= 4 is 30.3 Å². The van der Waals surface area contributed by atoms with Gasteiger partial charge in [-0.05, 0) is 0 Å². The molecular weight excluding hydrogens is 270 g/mol. The number of rotatable bonds is 1. The minimum absolute atomic E-state index is 0.408. The molecule has 2 rings (SSSR count). The van der Waals surface area contributed by atoms with Crippen molar-refractivity contribution in [2.45, 2.75) is 12.0 Å². The van der Waals surface area contributed by atoms with Crippen LogP contribution in [0.15, 0.2) is 24.3 Å². The normalized spacial score (nSPS) is 12.3. The zero-order valence-corrected chi connectivity index (χ0v) is 9.56. The van der Waals surface area contributed by atoms with Gasteiger partial charge >= 0.3 is 90.4 Å². The van der Waals surface area contributed by atoms with Crippen LogP contribution in [0.3, 0.4) is 0 Å². The van der Waals surface area contributed by atoms with Gasteiger partial charge < -0.3 is 0 Å². The Balaban J connectivity index is 2.54. The Morgan fingerprint density at radius 3 is 2.53 bits per heavy atom. The Hall–Kier alpha value is -0.931. The third kappa shape index (κ3) is 2.19. The first kappa shape index (κ1) is 10.6. The number of nitrogens with one attached hydrogen (secondary N) is 1. The van der Waals surface area contributed by atoms with E-state index in [4.69, 9.17) is 0 Å². The number of H-pyrrole nitrogens is 1. The Morgan fingerprint density at radius 1 is 1.20 bits per heavy atom. The third-order valence-corrected chi connectivity index (χ3v) is 4.07. The van der Waals surface area contributed by atoms with E-state index in [2.05, 4.69) is 4.98 Å². The van der Waals surface area contributed by atoms with E-state index < -0.39 is 20.0 Å². The molecule has 0 aliphatic rings. The molecule has 5 heteroatoms. The van der Waals surface area contributed by atoms with Gasteiger partial charge in [0.25, 0.3) is 0 Å². The van der Waals surface area contributed by atoms with E-state index in [1.807, 2.05) is 6.07 Å². The first-order valence-electron chi connectivity index (χ1n) is 4.30. The van der Waals surface area contributed by atoms with Gasteiger partial charge in [-0.2, -0.15) is 0 Å². The van der Waals surface area contributed by atoms with Gasteiger partial charge in [0.2, 0.25) is 0 Å². The standard InChI is InChI=1S/C10H8F3NSe/c1-6-9(15-10(11,12)13)7-4-2-3-5-8(7)14-6/h2-5,14H,1H3. The minimum atomic E-state index is -4.09. The van der Waals surface area contributed by atoms with Crippen LogP contribution < -0.4 is 4.46 Å². The van der Waals surface area contributed by atoms with Crippen molar-refractivity contribution in [3.63, 3.8) is 0 Å². The summed E-state index contributed by atoms with van der Waals surface area (Å²) in [6.45, 7) is 1.68. The molecule has 0 atom stereocenters. The van der Waals surface area contributed by atoms with Crippen LogP contribution >= 0.6 is 0 Å². The molecule has 1 nitrogen and oxygen atoms in total. The fourth-order valence-corrected chi connectivity index (χ4v) is 3.02. The van der Waals surface area contributed by atoms with E-state index in [1.165, 1.54) is 0 Å². The second kappa shape index (κ2) is 3.58. The van der Waals surface area contributed by atoms with E-state index >= 15 is 0 Å². The molecule has 1 heterocycles. The predicted molar refractivity (Wildman–Crippen MR) is 54.5 cm³/mol. The molecule has 1 aromatic heterocycles. The number of halogens is 3. The summed E-state index contributed by atoms with van der Waals surface area (Å²) in [5, 5.41) is -3.41. The first-order valence-corrected chi connectivity index (χ1v) is 6.02. The predicted octanol–water partition coefficient (Wildman–Crippen LogP) is 2.33. The Labute approximate surface area is 90.8 Å². The quantitative estimate of drug-likeness (QED) is 0.771. The molecule has 15 heavy (non-hydrogen) atoms. The summed E-state index contributed by atoms with van der Waals surface area (Å²) in [7, 11) is 0. The van der Waals surface area contributed by atoms with E-state index in [9.17, 15) is 13.2 Å². The van der Waals surface area contributed by atoms with Crippen LogP contribution in [0.5, 0.6) is 0 Å². The van der Waals surface area contributed by atoms with Crippen LogP contribution in [0.1, 0.15) is 5.69 Å². The van der Waals surface area contributed by atoms with Gasteiger partial charge in [-0.15, -0.1) is 0 Å². The van der Waals surface area contributed by atoms with Crippen LogP contribution in [-0.2, 0) is 0 Å². The van der Waals surface area contributed by atoms with Crippen molar-refractivity contribution in [1.82, 2.24) is 4.98 Å². The molecule has 0 radical (unpaired) electrons. The number of aryl methyl sites for hydroxylation is 1. The summed E-state index contributed by atoms with van der Waals surface area (Å²) in [5.41, 5.74) is 1.39. The van der Waals surface area contributed by atoms with Gasteiger partial charge in [-0.3, -0.25) is 0 Å². The summed E-state index contributed by atoms with van der Waals surface area (Å²) in [6.07, 6.45) is 0. The number of aromatic nitrogens is 1. The number of aromatic amines is 1. The van der Waals surface area contributed by atoms with Crippen molar-refractivity contribution in [3.05, 3.63) is 30.0 Å². The summed E-state index contributed by atoms with van der Waals surface area (Å²) in [5.74, 6) is 0. The van der Waals surface area contributed by atoms with E-state index in [0.717, 1.165) is 5.52 Å². The van der Waals surface area contributed by atoms with Gasteiger partial charge in [0.1, 0.15) is 0 Å². The van der Waals surface area contributed by atoms with Crippen molar-refractivity contribution in [3.8, 4) is 0 Å². The topological polar surface area (TPSA) is 15.8 Å². The molecule has 0 fully saturated rings. The zero-order valence-electron chi connectivity index (χ0n) is 7.85. The fraction of sp³-hybridized carbons (Fsp3) is 0.200. The van der Waals surface area contributed by atoms with Crippen LogP contribution in [0.4, 0.5) is 13.2 Å². The van der Waals surface area contributed by atoms with Crippen LogP contribution in [0, 0.1) is 6.92 Å². The van der Waals surface area contributed by atoms with Crippen molar-refractivity contribution in [1.29, 1.82) is 0 Å². The Morgan fingerprint density at radius 2 is 1.87 bits per heavy atom. The summed E-state index contributed by atoms with van der Waals surface area (Å²) < 4.78 is 37.4. The molecule has 0 saturated carbocycles. The molecule has 0 amide bonds. The summed E-state index contributed by atoms with van der Waals surface area (Å²) >= 11 is -1.48. The molecule has 0 saturated heterocycles. The molecule has 1 aromatic carbocycles. The second-order valence-corrected chi connectivity index (χ2v) is 5.43. The number of benzene rings is 1. The second-order valence-electron chi connectivity index (χ2n) is 3.17. The van der Waals surface area contributed by atoms with Gasteiger partial charge in [0, 0.05) is 0 Å². The molecule has 0 bridgehead atoms. The molecule has 1 N–H and O–H groups in total. The van der Waals surface area contributed by atoms with Gasteiger partial charge in [0.05, 0.1) is 0 Å². The average Bonchev–Trinajstić information content (AvgIpc) is 2.41. The number of para-hydroxylation sites is 1. The van der Waals surface area contributed by atoms with Gasteiger partial charge in [-0.25, -0.2) is 0 Å². The molecule has 80 valence electrons. The number of fused-ring (bicyclic) bond motifs is 1. The van der Waals surface area contributed by atoms with Gasteiger partial charge in [-0.1, -0.05) is 0 Å². The Bertz CT molecular complexity index is 487. The maximum atomic E-state index is 12.3.